The fraction of sp³-hybridized carbons (Fsp3) is 0.500. The third-order valence-corrected chi connectivity index (χ3v) is 3.56. The van der Waals surface area contributed by atoms with Gasteiger partial charge in [0.25, 0.3) is 0 Å². The highest BCUT2D eigenvalue weighted by atomic mass is 35.5. The summed E-state index contributed by atoms with van der Waals surface area (Å²) in [5.74, 6) is 0. The second-order valence-electron chi connectivity index (χ2n) is 4.47. The summed E-state index contributed by atoms with van der Waals surface area (Å²) in [6.07, 6.45) is -3.53. The first-order valence-electron chi connectivity index (χ1n) is 5.63. The number of aliphatic hydroxyl groups is 1. The molecule has 18 heavy (non-hydrogen) atoms. The molecule has 0 aliphatic carbocycles. The van der Waals surface area contributed by atoms with Gasteiger partial charge >= 0.3 is 6.18 Å². The van der Waals surface area contributed by atoms with Crippen LogP contribution in [0.25, 0.3) is 0 Å². The van der Waals surface area contributed by atoms with Crippen molar-refractivity contribution in [1.82, 2.24) is 5.32 Å². The van der Waals surface area contributed by atoms with Crippen LogP contribution in [0.15, 0.2) is 18.2 Å². The third kappa shape index (κ3) is 2.63. The Balaban J connectivity index is 2.34. The van der Waals surface area contributed by atoms with Crippen LogP contribution >= 0.6 is 11.6 Å². The molecular weight excluding hydrogens is 267 g/mol. The molecule has 2 rings (SSSR count). The van der Waals surface area contributed by atoms with Gasteiger partial charge in [0.15, 0.2) is 0 Å². The Bertz CT molecular complexity index is 441. The fourth-order valence-electron chi connectivity index (χ4n) is 2.16. The van der Waals surface area contributed by atoms with Crippen molar-refractivity contribution in [3.05, 3.63) is 34.3 Å². The number of hydrogen-bond acceptors (Lipinski definition) is 2. The summed E-state index contributed by atoms with van der Waals surface area (Å²) < 4.78 is 37.7. The van der Waals surface area contributed by atoms with Crippen LogP contribution in [-0.4, -0.2) is 18.2 Å². The molecule has 1 saturated heterocycles. The molecule has 0 aromatic heterocycles. The topological polar surface area (TPSA) is 32.3 Å². The molecule has 2 nitrogen and oxygen atoms in total. The minimum Gasteiger partial charge on any atom is -0.385 e. The molecule has 1 heterocycles. The van der Waals surface area contributed by atoms with Crippen molar-refractivity contribution >= 4 is 11.6 Å². The van der Waals surface area contributed by atoms with Gasteiger partial charge in [-0.3, -0.25) is 0 Å². The average Bonchev–Trinajstić information content (AvgIpc) is 2.28. The lowest BCUT2D eigenvalue weighted by Gasteiger charge is -2.33. The maximum absolute atomic E-state index is 12.6. The fourth-order valence-corrected chi connectivity index (χ4v) is 2.45. The Morgan fingerprint density at radius 2 is 1.83 bits per heavy atom. The van der Waals surface area contributed by atoms with Crippen LogP contribution in [0.2, 0.25) is 5.02 Å². The first-order valence-corrected chi connectivity index (χ1v) is 6.01. The quantitative estimate of drug-likeness (QED) is 0.828. The summed E-state index contributed by atoms with van der Waals surface area (Å²) in [6, 6.07) is 3.45. The number of benzene rings is 1. The third-order valence-electron chi connectivity index (χ3n) is 3.24. The van der Waals surface area contributed by atoms with Crippen molar-refractivity contribution < 1.29 is 18.3 Å². The smallest absolute Gasteiger partial charge is 0.385 e. The second kappa shape index (κ2) is 4.72. The van der Waals surface area contributed by atoms with Crippen molar-refractivity contribution in [3.63, 3.8) is 0 Å². The zero-order valence-electron chi connectivity index (χ0n) is 9.52. The van der Waals surface area contributed by atoms with E-state index in [9.17, 15) is 18.3 Å². The molecule has 6 heteroatoms. The molecule has 0 radical (unpaired) electrons. The predicted molar refractivity (Wildman–Crippen MR) is 62.5 cm³/mol. The molecule has 1 aromatic rings. The van der Waals surface area contributed by atoms with E-state index in [4.69, 9.17) is 11.6 Å². The zero-order valence-corrected chi connectivity index (χ0v) is 10.3. The predicted octanol–water partition coefficient (Wildman–Crippen LogP) is 2.93. The van der Waals surface area contributed by atoms with Crippen molar-refractivity contribution in [2.24, 2.45) is 0 Å². The van der Waals surface area contributed by atoms with Crippen molar-refractivity contribution in [2.45, 2.75) is 24.6 Å². The maximum Gasteiger partial charge on any atom is 0.417 e. The molecule has 0 amide bonds. The van der Waals surface area contributed by atoms with E-state index in [-0.39, 0.29) is 5.02 Å². The first-order chi connectivity index (χ1) is 8.33. The van der Waals surface area contributed by atoms with Gasteiger partial charge in [0.2, 0.25) is 0 Å². The van der Waals surface area contributed by atoms with E-state index < -0.39 is 17.3 Å². The lowest BCUT2D eigenvalue weighted by atomic mass is 9.85. The van der Waals surface area contributed by atoms with Gasteiger partial charge in [-0.15, -0.1) is 0 Å². The first kappa shape index (κ1) is 13.6. The van der Waals surface area contributed by atoms with Crippen LogP contribution in [0.4, 0.5) is 13.2 Å². The molecule has 0 unspecified atom stereocenters. The molecule has 1 aliphatic heterocycles. The normalized spacial score (nSPS) is 19.8. The number of hydrogen-bond donors (Lipinski definition) is 2. The van der Waals surface area contributed by atoms with Crippen LogP contribution in [0, 0.1) is 0 Å². The maximum atomic E-state index is 12.6. The summed E-state index contributed by atoms with van der Waals surface area (Å²) in [5, 5.41) is 13.1. The zero-order chi connectivity index (χ0) is 13.4. The molecule has 1 aromatic carbocycles. The average molecular weight is 280 g/mol. The molecule has 0 spiro atoms. The summed E-state index contributed by atoms with van der Waals surface area (Å²) >= 11 is 5.65. The molecule has 100 valence electrons. The Morgan fingerprint density at radius 1 is 1.22 bits per heavy atom. The van der Waals surface area contributed by atoms with Gasteiger partial charge in [-0.2, -0.15) is 13.2 Å². The van der Waals surface area contributed by atoms with Crippen LogP contribution in [0.3, 0.4) is 0 Å². The molecule has 0 atom stereocenters. The number of piperidine rings is 1. The van der Waals surface area contributed by atoms with E-state index in [0.717, 1.165) is 6.07 Å². The highest BCUT2D eigenvalue weighted by Crippen LogP contribution is 2.38. The highest BCUT2D eigenvalue weighted by Gasteiger charge is 2.36. The lowest BCUT2D eigenvalue weighted by molar-refractivity contribution is -0.137. The molecular formula is C12H13ClF3NO. The van der Waals surface area contributed by atoms with E-state index in [0.29, 0.717) is 31.5 Å². The van der Waals surface area contributed by atoms with Crippen molar-refractivity contribution in [1.29, 1.82) is 0 Å². The minimum absolute atomic E-state index is 0.369. The Hall–Kier alpha value is -0.780. The molecule has 2 N–H and O–H groups in total. The Kier molecular flexibility index (Phi) is 3.58. The van der Waals surface area contributed by atoms with Gasteiger partial charge in [-0.1, -0.05) is 17.7 Å². The van der Waals surface area contributed by atoms with E-state index in [1.165, 1.54) is 12.1 Å². The molecule has 0 bridgehead atoms. The number of rotatable bonds is 1. The van der Waals surface area contributed by atoms with Crippen LogP contribution < -0.4 is 5.32 Å². The standard InChI is InChI=1S/C12H13ClF3NO/c13-10-7-8(1-2-9(10)12(14,15)16)11(18)3-5-17-6-4-11/h1-2,7,17-18H,3-6H2. The van der Waals surface area contributed by atoms with Gasteiger partial charge in [-0.05, 0) is 43.6 Å². The Morgan fingerprint density at radius 3 is 2.33 bits per heavy atom. The minimum atomic E-state index is -4.47. The van der Waals surface area contributed by atoms with Crippen LogP contribution in [0.1, 0.15) is 24.0 Å². The highest BCUT2D eigenvalue weighted by molar-refractivity contribution is 6.31. The van der Waals surface area contributed by atoms with Gasteiger partial charge in [0.05, 0.1) is 16.2 Å². The summed E-state index contributed by atoms with van der Waals surface area (Å²) in [5.41, 5.74) is -1.51. The largest absolute Gasteiger partial charge is 0.417 e. The van der Waals surface area contributed by atoms with E-state index in [2.05, 4.69) is 5.32 Å². The van der Waals surface area contributed by atoms with Gasteiger partial charge in [0.1, 0.15) is 0 Å². The van der Waals surface area contributed by atoms with Crippen molar-refractivity contribution in [3.8, 4) is 0 Å². The number of alkyl halides is 3. The lowest BCUT2D eigenvalue weighted by Crippen LogP contribution is -2.39. The second-order valence-corrected chi connectivity index (χ2v) is 4.88. The summed E-state index contributed by atoms with van der Waals surface area (Å²) in [4.78, 5) is 0. The monoisotopic (exact) mass is 279 g/mol. The summed E-state index contributed by atoms with van der Waals surface area (Å²) in [7, 11) is 0. The van der Waals surface area contributed by atoms with E-state index >= 15 is 0 Å². The van der Waals surface area contributed by atoms with E-state index in [1.54, 1.807) is 0 Å². The number of halogens is 4. The molecule has 1 aliphatic rings. The van der Waals surface area contributed by atoms with Crippen LogP contribution in [-0.2, 0) is 11.8 Å². The van der Waals surface area contributed by atoms with E-state index in [1.807, 2.05) is 0 Å². The van der Waals surface area contributed by atoms with Gasteiger partial charge < -0.3 is 10.4 Å². The Labute approximate surface area is 108 Å². The van der Waals surface area contributed by atoms with Crippen LogP contribution in [0.5, 0.6) is 0 Å². The van der Waals surface area contributed by atoms with Gasteiger partial charge in [0, 0.05) is 0 Å². The number of nitrogens with one attached hydrogen (secondary N) is 1. The van der Waals surface area contributed by atoms with Gasteiger partial charge in [-0.25, -0.2) is 0 Å². The molecule has 0 saturated carbocycles. The van der Waals surface area contributed by atoms with Crippen molar-refractivity contribution in [2.75, 3.05) is 13.1 Å². The summed E-state index contributed by atoms with van der Waals surface area (Å²) in [6.45, 7) is 1.27. The SMILES string of the molecule is OC1(c2ccc(C(F)(F)F)c(Cl)c2)CCNCC1. The molecule has 1 fully saturated rings.